The van der Waals surface area contributed by atoms with E-state index in [0.717, 1.165) is 11.7 Å². The van der Waals surface area contributed by atoms with Gasteiger partial charge >= 0.3 is 0 Å². The number of unbranched alkanes of at least 4 members (excludes halogenated alkanes) is 3. The molecule has 0 aromatic heterocycles. The molecule has 0 saturated heterocycles. The molecule has 2 nitrogen and oxygen atoms in total. The van der Waals surface area contributed by atoms with Gasteiger partial charge in [-0.3, -0.25) is 4.79 Å². The maximum Gasteiger partial charge on any atom is 0.199 e. The molecule has 0 unspecified atom stereocenters. The van der Waals surface area contributed by atoms with Crippen molar-refractivity contribution >= 4 is 13.0 Å². The molecule has 24 heavy (non-hydrogen) atoms. The summed E-state index contributed by atoms with van der Waals surface area (Å²) in [5.41, 5.74) is 0.761. The lowest BCUT2D eigenvalue weighted by atomic mass is 10.1. The molecule has 0 aliphatic heterocycles. The third-order valence-electron chi connectivity index (χ3n) is 4.63. The van der Waals surface area contributed by atoms with Crippen molar-refractivity contribution in [1.29, 1.82) is 0 Å². The lowest BCUT2D eigenvalue weighted by molar-refractivity contribution is -0.0000140. The summed E-state index contributed by atoms with van der Waals surface area (Å²) in [7, 11) is -1.19. The van der Waals surface area contributed by atoms with Crippen molar-refractivity contribution in [3.05, 3.63) is 29.8 Å². The fourth-order valence-electron chi connectivity index (χ4n) is 3.10. The number of phenols is 1. The Kier molecular flexibility index (Phi) is 12.7. The number of hydrogen-bond acceptors (Lipinski definition) is 2. The summed E-state index contributed by atoms with van der Waals surface area (Å²) in [5.74, 6) is 0.507. The van der Waals surface area contributed by atoms with E-state index in [1.165, 1.54) is 57.0 Å². The van der Waals surface area contributed by atoms with Crippen LogP contribution in [0.1, 0.15) is 69.7 Å². The van der Waals surface area contributed by atoms with E-state index in [2.05, 4.69) is 20.8 Å². The highest BCUT2D eigenvalue weighted by molar-refractivity contribution is 7.76. The van der Waals surface area contributed by atoms with E-state index in [1.54, 1.807) is 24.3 Å². The molecule has 0 aliphatic rings. The Morgan fingerprint density at radius 3 is 1.67 bits per heavy atom. The summed E-state index contributed by atoms with van der Waals surface area (Å²) in [6.45, 7) is 6.74. The van der Waals surface area contributed by atoms with Crippen LogP contribution in [0.25, 0.3) is 0 Å². The van der Waals surface area contributed by atoms with Crippen LogP contribution in [0.5, 0.6) is 5.75 Å². The first kappa shape index (κ1) is 23.6. The van der Waals surface area contributed by atoms with Gasteiger partial charge in [0.25, 0.3) is 0 Å². The van der Waals surface area contributed by atoms with Crippen LogP contribution in [0.2, 0.25) is 0 Å². The summed E-state index contributed by atoms with van der Waals surface area (Å²) in [6, 6.07) is 6.78. The first-order valence-electron chi connectivity index (χ1n) is 9.24. The van der Waals surface area contributed by atoms with E-state index in [9.17, 15) is 9.90 Å². The first-order valence-corrected chi connectivity index (χ1v) is 11.8. The number of rotatable bonds is 12. The van der Waals surface area contributed by atoms with Crippen LogP contribution >= 0.6 is 7.26 Å². The second-order valence-corrected chi connectivity index (χ2v) is 11.0. The van der Waals surface area contributed by atoms with E-state index < -0.39 is 7.26 Å². The van der Waals surface area contributed by atoms with Crippen molar-refractivity contribution in [2.75, 3.05) is 24.6 Å². The fraction of sp³-hybridized carbons (Fsp3) is 0.650. The highest BCUT2D eigenvalue weighted by Crippen LogP contribution is 2.60. The van der Waals surface area contributed by atoms with Gasteiger partial charge in [0.1, 0.15) is 11.9 Å². The third kappa shape index (κ3) is 8.12. The average Bonchev–Trinajstić information content (AvgIpc) is 2.56. The minimum atomic E-state index is -1.19. The van der Waals surface area contributed by atoms with Gasteiger partial charge in [-0.25, -0.2) is 0 Å². The lowest BCUT2D eigenvalue weighted by Crippen LogP contribution is -3.00. The van der Waals surface area contributed by atoms with Gasteiger partial charge in [-0.1, -0.05) is 40.0 Å². The van der Waals surface area contributed by atoms with Gasteiger partial charge in [-0.05, 0) is 43.5 Å². The van der Waals surface area contributed by atoms with Gasteiger partial charge in [0, 0.05) is 12.8 Å². The number of carbonyl (C=O) groups is 1. The molecule has 1 rings (SSSR count). The molecule has 0 heterocycles. The Hall–Kier alpha value is -0.400. The summed E-state index contributed by atoms with van der Waals surface area (Å²) in [4.78, 5) is 12.8. The predicted octanol–water partition coefficient (Wildman–Crippen LogP) is 3.00. The van der Waals surface area contributed by atoms with Crippen LogP contribution in [0.4, 0.5) is 0 Å². The van der Waals surface area contributed by atoms with E-state index >= 15 is 0 Å². The Labute approximate surface area is 159 Å². The number of halogens is 1. The number of benzene rings is 1. The molecule has 138 valence electrons. The molecular weight excluding hydrogens is 383 g/mol. The number of hydrogen-bond donors (Lipinski definition) is 1. The molecule has 0 bridgehead atoms. The quantitative estimate of drug-likeness (QED) is 0.420. The van der Waals surface area contributed by atoms with E-state index in [0.29, 0.717) is 0 Å². The van der Waals surface area contributed by atoms with Crippen LogP contribution in [0.3, 0.4) is 0 Å². The number of ketones is 1. The normalized spacial score (nSPS) is 11.1. The van der Waals surface area contributed by atoms with E-state index in [1.807, 2.05) is 0 Å². The van der Waals surface area contributed by atoms with Gasteiger partial charge < -0.3 is 22.1 Å². The zero-order chi connectivity index (χ0) is 17.1. The monoisotopic (exact) mass is 416 g/mol. The third-order valence-corrected chi connectivity index (χ3v) is 9.38. The Bertz CT molecular complexity index is 437. The van der Waals surface area contributed by atoms with Crippen molar-refractivity contribution in [3.8, 4) is 5.75 Å². The number of phenolic OH excluding ortho intramolecular Hbond substituents is 1. The Morgan fingerprint density at radius 2 is 1.29 bits per heavy atom. The second kappa shape index (κ2) is 12.9. The fourth-order valence-corrected chi connectivity index (χ4v) is 7.99. The second-order valence-electron chi connectivity index (χ2n) is 6.70. The van der Waals surface area contributed by atoms with Crippen molar-refractivity contribution in [1.82, 2.24) is 0 Å². The number of carbonyl (C=O) groups excluding carboxylic acids is 1. The van der Waals surface area contributed by atoms with Crippen LogP contribution in [-0.2, 0) is 0 Å². The Balaban J connectivity index is 0.00000529. The van der Waals surface area contributed by atoms with Gasteiger partial charge in [0.15, 0.2) is 5.78 Å². The van der Waals surface area contributed by atoms with E-state index in [4.69, 9.17) is 0 Å². The van der Waals surface area contributed by atoms with Gasteiger partial charge in [-0.2, -0.15) is 0 Å². The molecule has 0 amide bonds. The minimum absolute atomic E-state index is 0. The average molecular weight is 417 g/mol. The SMILES string of the molecule is CCCC[P+](CCCC)(CCCC)CC(=O)c1ccc(O)cc1.[Br-]. The maximum absolute atomic E-state index is 12.8. The highest BCUT2D eigenvalue weighted by atomic mass is 79.9. The van der Waals surface area contributed by atoms with Crippen LogP contribution < -0.4 is 17.0 Å². The molecule has 0 atom stereocenters. The Morgan fingerprint density at radius 1 is 0.875 bits per heavy atom. The summed E-state index contributed by atoms with van der Waals surface area (Å²) in [5, 5.41) is 9.42. The summed E-state index contributed by atoms with van der Waals surface area (Å²) in [6.07, 6.45) is 12.0. The van der Waals surface area contributed by atoms with Gasteiger partial charge in [-0.15, -0.1) is 0 Å². The molecule has 0 radical (unpaired) electrons. The summed E-state index contributed by atoms with van der Waals surface area (Å²) < 4.78 is 0. The van der Waals surface area contributed by atoms with E-state index in [-0.39, 0.29) is 28.5 Å². The van der Waals surface area contributed by atoms with Gasteiger partial charge in [0.05, 0.1) is 18.5 Å². The first-order chi connectivity index (χ1) is 11.1. The largest absolute Gasteiger partial charge is 1.00 e. The molecule has 0 saturated carbocycles. The lowest BCUT2D eigenvalue weighted by Gasteiger charge is -2.27. The summed E-state index contributed by atoms with van der Waals surface area (Å²) >= 11 is 0. The standard InChI is InChI=1S/C20H33O2P.BrH/c1-4-7-14-23(15-8-5-2,16-9-6-3)17-20(22)18-10-12-19(21)13-11-18;/h10-13H,4-9,14-17H2,1-3H3;1H. The highest BCUT2D eigenvalue weighted by Gasteiger charge is 2.38. The molecule has 1 N–H and O–H groups in total. The molecule has 0 fully saturated rings. The molecule has 1 aromatic rings. The zero-order valence-electron chi connectivity index (χ0n) is 15.6. The molecular formula is C20H34BrO2P. The minimum Gasteiger partial charge on any atom is -1.00 e. The predicted molar refractivity (Wildman–Crippen MR) is 104 cm³/mol. The van der Waals surface area contributed by atoms with Crippen molar-refractivity contribution < 1.29 is 26.9 Å². The molecule has 0 spiro atoms. The van der Waals surface area contributed by atoms with Gasteiger partial charge in [0.2, 0.25) is 0 Å². The molecule has 4 heteroatoms. The zero-order valence-corrected chi connectivity index (χ0v) is 18.0. The molecule has 1 aromatic carbocycles. The van der Waals surface area contributed by atoms with Crippen molar-refractivity contribution in [2.45, 2.75) is 59.3 Å². The van der Waals surface area contributed by atoms with Crippen LogP contribution in [-0.4, -0.2) is 35.5 Å². The smallest absolute Gasteiger partial charge is 0.199 e. The van der Waals surface area contributed by atoms with Crippen molar-refractivity contribution in [3.63, 3.8) is 0 Å². The van der Waals surface area contributed by atoms with Crippen LogP contribution in [0.15, 0.2) is 24.3 Å². The maximum atomic E-state index is 12.8. The number of aromatic hydroxyl groups is 1. The van der Waals surface area contributed by atoms with Crippen molar-refractivity contribution in [2.24, 2.45) is 0 Å². The topological polar surface area (TPSA) is 37.3 Å². The number of Topliss-reactive ketones (excluding diaryl/α,β-unsaturated/α-hetero) is 1. The molecule has 0 aliphatic carbocycles. The van der Waals surface area contributed by atoms with Crippen LogP contribution in [0, 0.1) is 0 Å².